The smallest absolute Gasteiger partial charge is 0.0919 e. The molecule has 1 atom stereocenters. The molecule has 0 nitrogen and oxygen atoms in total. The number of allylic oxidation sites excluding steroid dienone is 1. The van der Waals surface area contributed by atoms with Gasteiger partial charge >= 0.3 is 0 Å². The van der Waals surface area contributed by atoms with Crippen LogP contribution in [0.4, 0.5) is 0 Å². The fourth-order valence-electron chi connectivity index (χ4n) is 3.38. The highest BCUT2D eigenvalue weighted by atomic mass is 28.3. The van der Waals surface area contributed by atoms with Gasteiger partial charge in [-0.25, -0.2) is 0 Å². The molecule has 0 aliphatic rings. The van der Waals surface area contributed by atoms with Gasteiger partial charge in [-0.2, -0.15) is 0 Å². The predicted molar refractivity (Wildman–Crippen MR) is 100 cm³/mol. The Kier molecular flexibility index (Phi) is 3.99. The lowest BCUT2D eigenvalue weighted by Gasteiger charge is -2.32. The first-order chi connectivity index (χ1) is 10.6. The Hall–Kier alpha value is -2.12. The van der Waals surface area contributed by atoms with Crippen LogP contribution in [0.2, 0.25) is 13.1 Å². The van der Waals surface area contributed by atoms with Crippen LogP contribution in [0.5, 0.6) is 0 Å². The van der Waals surface area contributed by atoms with E-state index in [0.29, 0.717) is 5.54 Å². The largest absolute Gasteiger partial charge is 0.103 e. The van der Waals surface area contributed by atoms with Crippen molar-refractivity contribution < 1.29 is 0 Å². The lowest BCUT2D eigenvalue weighted by molar-refractivity contribution is 1.17. The molecule has 0 spiro atoms. The molecule has 0 heterocycles. The van der Waals surface area contributed by atoms with E-state index in [0.717, 1.165) is 0 Å². The Balaban J connectivity index is 2.16. The van der Waals surface area contributed by atoms with Crippen molar-refractivity contribution in [2.45, 2.75) is 18.6 Å². The zero-order chi connectivity index (χ0) is 15.6. The average molecular weight is 302 g/mol. The molecule has 0 fully saturated rings. The molecule has 3 aromatic carbocycles. The van der Waals surface area contributed by atoms with Gasteiger partial charge in [-0.3, -0.25) is 0 Å². The summed E-state index contributed by atoms with van der Waals surface area (Å²) in [4.78, 5) is 0. The van der Waals surface area contributed by atoms with Crippen molar-refractivity contribution in [1.82, 2.24) is 0 Å². The van der Waals surface area contributed by atoms with Gasteiger partial charge in [-0.1, -0.05) is 97.2 Å². The number of rotatable bonds is 4. The van der Waals surface area contributed by atoms with E-state index in [1.165, 1.54) is 21.5 Å². The molecule has 0 radical (unpaired) electrons. The van der Waals surface area contributed by atoms with E-state index in [2.05, 4.69) is 98.5 Å². The molecular formula is C21H22Si. The maximum absolute atomic E-state index is 4.17. The molecule has 110 valence electrons. The summed E-state index contributed by atoms with van der Waals surface area (Å²) >= 11 is 0. The van der Waals surface area contributed by atoms with Crippen LogP contribution < -0.4 is 5.19 Å². The van der Waals surface area contributed by atoms with Crippen molar-refractivity contribution in [3.05, 3.63) is 91.0 Å². The fourth-order valence-corrected chi connectivity index (χ4v) is 6.41. The highest BCUT2D eigenvalue weighted by molar-refractivity contribution is 6.91. The Bertz CT molecular complexity index is 782. The Morgan fingerprint density at radius 1 is 0.818 bits per heavy atom. The fraction of sp³-hybridized carbons (Fsp3) is 0.143. The minimum absolute atomic E-state index is 0.404. The van der Waals surface area contributed by atoms with Crippen LogP contribution in [-0.4, -0.2) is 8.07 Å². The molecule has 22 heavy (non-hydrogen) atoms. The average Bonchev–Trinajstić information content (AvgIpc) is 2.56. The van der Waals surface area contributed by atoms with E-state index >= 15 is 0 Å². The molecule has 0 aliphatic heterocycles. The Labute approximate surface area is 134 Å². The third kappa shape index (κ3) is 2.53. The van der Waals surface area contributed by atoms with Gasteiger partial charge in [0, 0.05) is 5.54 Å². The second kappa shape index (κ2) is 5.94. The summed E-state index contributed by atoms with van der Waals surface area (Å²) in [6.45, 7) is 9.05. The van der Waals surface area contributed by atoms with Crippen molar-refractivity contribution in [1.29, 1.82) is 0 Å². The van der Waals surface area contributed by atoms with E-state index in [4.69, 9.17) is 0 Å². The van der Waals surface area contributed by atoms with Crippen LogP contribution in [0.25, 0.3) is 10.8 Å². The zero-order valence-electron chi connectivity index (χ0n) is 13.3. The number of hydrogen-bond donors (Lipinski definition) is 0. The first-order valence-electron chi connectivity index (χ1n) is 7.80. The van der Waals surface area contributed by atoms with E-state index in [-0.39, 0.29) is 0 Å². The minimum atomic E-state index is -1.68. The van der Waals surface area contributed by atoms with Gasteiger partial charge in [0.2, 0.25) is 0 Å². The van der Waals surface area contributed by atoms with Crippen LogP contribution in [0, 0.1) is 0 Å². The van der Waals surface area contributed by atoms with Crippen LogP contribution >= 0.6 is 0 Å². The molecule has 0 aliphatic carbocycles. The van der Waals surface area contributed by atoms with E-state index in [9.17, 15) is 0 Å². The molecule has 3 aromatic rings. The van der Waals surface area contributed by atoms with Gasteiger partial charge in [0.1, 0.15) is 0 Å². The minimum Gasteiger partial charge on any atom is -0.103 e. The quantitative estimate of drug-likeness (QED) is 0.455. The van der Waals surface area contributed by atoms with E-state index < -0.39 is 8.07 Å². The molecule has 0 unspecified atom stereocenters. The molecule has 0 saturated carbocycles. The summed E-state index contributed by atoms with van der Waals surface area (Å²) in [6.07, 6.45) is 2.15. The summed E-state index contributed by atoms with van der Waals surface area (Å²) in [7, 11) is -1.68. The Morgan fingerprint density at radius 3 is 2.18 bits per heavy atom. The van der Waals surface area contributed by atoms with Crippen LogP contribution in [0.15, 0.2) is 85.5 Å². The molecule has 0 amide bonds. The van der Waals surface area contributed by atoms with Gasteiger partial charge in [0.05, 0.1) is 8.07 Å². The maximum atomic E-state index is 4.17. The van der Waals surface area contributed by atoms with Crippen LogP contribution in [-0.2, 0) is 0 Å². The van der Waals surface area contributed by atoms with Crippen LogP contribution in [0.1, 0.15) is 11.1 Å². The number of hydrogen-bond acceptors (Lipinski definition) is 0. The van der Waals surface area contributed by atoms with Gasteiger partial charge in [0.15, 0.2) is 0 Å². The molecule has 0 saturated heterocycles. The predicted octanol–water partition coefficient (Wildman–Crippen LogP) is 5.26. The van der Waals surface area contributed by atoms with Gasteiger partial charge in [-0.05, 0) is 16.3 Å². The summed E-state index contributed by atoms with van der Waals surface area (Å²) in [5, 5.41) is 4.14. The highest BCUT2D eigenvalue weighted by Gasteiger charge is 2.33. The van der Waals surface area contributed by atoms with Crippen molar-refractivity contribution in [2.75, 3.05) is 0 Å². The number of benzene rings is 3. The molecule has 0 N–H and O–H groups in total. The van der Waals surface area contributed by atoms with Crippen LogP contribution in [0.3, 0.4) is 0 Å². The second-order valence-electron chi connectivity index (χ2n) is 6.37. The van der Waals surface area contributed by atoms with Gasteiger partial charge < -0.3 is 0 Å². The van der Waals surface area contributed by atoms with Crippen molar-refractivity contribution in [2.24, 2.45) is 0 Å². The molecule has 0 aromatic heterocycles. The lowest BCUT2D eigenvalue weighted by atomic mass is 10.0. The summed E-state index contributed by atoms with van der Waals surface area (Å²) in [5.74, 6) is 0. The van der Waals surface area contributed by atoms with Gasteiger partial charge in [-0.15, -0.1) is 6.58 Å². The zero-order valence-corrected chi connectivity index (χ0v) is 14.3. The van der Waals surface area contributed by atoms with Crippen molar-refractivity contribution in [3.8, 4) is 0 Å². The third-order valence-electron chi connectivity index (χ3n) is 4.69. The van der Waals surface area contributed by atoms with E-state index in [1.54, 1.807) is 0 Å². The molecule has 0 bridgehead atoms. The first kappa shape index (κ1) is 14.8. The van der Waals surface area contributed by atoms with Crippen molar-refractivity contribution >= 4 is 24.0 Å². The maximum Gasteiger partial charge on any atom is 0.0919 e. The second-order valence-corrected chi connectivity index (χ2v) is 11.0. The monoisotopic (exact) mass is 302 g/mol. The topological polar surface area (TPSA) is 0 Å². The summed E-state index contributed by atoms with van der Waals surface area (Å²) in [5.41, 5.74) is 1.81. The summed E-state index contributed by atoms with van der Waals surface area (Å²) in [6, 6.07) is 26.2. The lowest BCUT2D eigenvalue weighted by Crippen LogP contribution is -2.47. The first-order valence-corrected chi connectivity index (χ1v) is 10.9. The highest BCUT2D eigenvalue weighted by Crippen LogP contribution is 2.33. The Morgan fingerprint density at radius 2 is 1.45 bits per heavy atom. The third-order valence-corrected chi connectivity index (χ3v) is 8.61. The molecule has 3 rings (SSSR count). The molecular weight excluding hydrogens is 280 g/mol. The van der Waals surface area contributed by atoms with E-state index in [1.807, 2.05) is 0 Å². The van der Waals surface area contributed by atoms with Crippen molar-refractivity contribution in [3.63, 3.8) is 0 Å². The summed E-state index contributed by atoms with van der Waals surface area (Å²) < 4.78 is 0. The SMILES string of the molecule is C=C[C@@H](c1cccc2ccccc12)[Si](C)(C)c1ccccc1. The van der Waals surface area contributed by atoms with Gasteiger partial charge in [0.25, 0.3) is 0 Å². The standard InChI is InChI=1S/C21H22Si/c1-4-21(22(2,3)18-13-6-5-7-14-18)20-16-10-12-17-11-8-9-15-19(17)20/h4-16,21H,1H2,2-3H3/t21-/m0/s1. The normalized spacial score (nSPS) is 13.0. The number of fused-ring (bicyclic) bond motifs is 1. The molecule has 1 heteroatoms.